The molecule has 1 rings (SSSR count). The van der Waals surface area contributed by atoms with E-state index in [2.05, 4.69) is 13.8 Å². The van der Waals surface area contributed by atoms with E-state index in [-0.39, 0.29) is 18.3 Å². The van der Waals surface area contributed by atoms with Gasteiger partial charge in [0.15, 0.2) is 0 Å². The van der Waals surface area contributed by atoms with Gasteiger partial charge in [-0.25, -0.2) is 0 Å². The van der Waals surface area contributed by atoms with Gasteiger partial charge in [-0.3, -0.25) is 0 Å². The number of hydrogen-bond donors (Lipinski definition) is 1. The number of epoxide rings is 1. The molecule has 1 fully saturated rings. The van der Waals surface area contributed by atoms with E-state index in [0.717, 1.165) is 12.8 Å². The minimum absolute atomic E-state index is 0.0174. The standard InChI is InChI=1S/C7H14O2/c1-3-4-7(2)6(5-8)9-7/h6,8H,3-5H2,1-2H3. The van der Waals surface area contributed by atoms with Gasteiger partial charge in [0.2, 0.25) is 0 Å². The second kappa shape index (κ2) is 2.27. The van der Waals surface area contributed by atoms with Crippen LogP contribution in [-0.2, 0) is 4.74 Å². The zero-order valence-corrected chi connectivity index (χ0v) is 6.05. The molecule has 0 amide bonds. The number of aliphatic hydroxyl groups excluding tert-OH is 1. The summed E-state index contributed by atoms with van der Waals surface area (Å²) in [6.45, 7) is 4.36. The van der Waals surface area contributed by atoms with Gasteiger partial charge in [-0.2, -0.15) is 0 Å². The molecule has 1 heterocycles. The summed E-state index contributed by atoms with van der Waals surface area (Å²) in [6, 6.07) is 0. The highest BCUT2D eigenvalue weighted by Crippen LogP contribution is 2.39. The van der Waals surface area contributed by atoms with Crippen LogP contribution in [0.5, 0.6) is 0 Å². The molecule has 9 heavy (non-hydrogen) atoms. The number of aliphatic hydroxyl groups is 1. The smallest absolute Gasteiger partial charge is 0.110 e. The molecule has 2 atom stereocenters. The fraction of sp³-hybridized carbons (Fsp3) is 1.00. The Morgan fingerprint density at radius 1 is 1.67 bits per heavy atom. The summed E-state index contributed by atoms with van der Waals surface area (Å²) in [5.41, 5.74) is 0.0174. The lowest BCUT2D eigenvalue weighted by Gasteiger charge is -2.00. The normalized spacial score (nSPS) is 41.0. The molecule has 1 N–H and O–H groups in total. The van der Waals surface area contributed by atoms with E-state index in [1.807, 2.05) is 0 Å². The van der Waals surface area contributed by atoms with Crippen molar-refractivity contribution in [3.05, 3.63) is 0 Å². The minimum atomic E-state index is 0.0174. The monoisotopic (exact) mass is 130 g/mol. The number of rotatable bonds is 3. The van der Waals surface area contributed by atoms with Crippen LogP contribution in [0, 0.1) is 0 Å². The lowest BCUT2D eigenvalue weighted by atomic mass is 10.0. The van der Waals surface area contributed by atoms with E-state index in [0.29, 0.717) is 0 Å². The molecule has 2 heteroatoms. The topological polar surface area (TPSA) is 32.8 Å². The highest BCUT2D eigenvalue weighted by molar-refractivity contribution is 4.97. The van der Waals surface area contributed by atoms with Crippen molar-refractivity contribution in [3.63, 3.8) is 0 Å². The van der Waals surface area contributed by atoms with Crippen molar-refractivity contribution in [2.24, 2.45) is 0 Å². The molecule has 0 aromatic heterocycles. The van der Waals surface area contributed by atoms with Crippen molar-refractivity contribution < 1.29 is 9.84 Å². The van der Waals surface area contributed by atoms with Gasteiger partial charge in [0.1, 0.15) is 6.10 Å². The maximum Gasteiger partial charge on any atom is 0.110 e. The van der Waals surface area contributed by atoms with E-state index in [1.165, 1.54) is 0 Å². The van der Waals surface area contributed by atoms with Crippen LogP contribution < -0.4 is 0 Å². The maximum absolute atomic E-state index is 8.64. The Morgan fingerprint density at radius 3 is 2.67 bits per heavy atom. The van der Waals surface area contributed by atoms with Gasteiger partial charge in [0.25, 0.3) is 0 Å². The SMILES string of the molecule is CCCC1(C)OC1CO. The van der Waals surface area contributed by atoms with Crippen LogP contribution in [0.1, 0.15) is 26.7 Å². The first-order valence-electron chi connectivity index (χ1n) is 3.51. The van der Waals surface area contributed by atoms with Crippen molar-refractivity contribution in [2.75, 3.05) is 6.61 Å². The molecule has 0 spiro atoms. The fourth-order valence-electron chi connectivity index (χ4n) is 1.24. The van der Waals surface area contributed by atoms with E-state index in [9.17, 15) is 0 Å². The average Bonchev–Trinajstić information content (AvgIpc) is 2.43. The van der Waals surface area contributed by atoms with Crippen LogP contribution in [0.15, 0.2) is 0 Å². The van der Waals surface area contributed by atoms with Crippen LogP contribution in [0.3, 0.4) is 0 Å². The fourth-order valence-corrected chi connectivity index (χ4v) is 1.24. The van der Waals surface area contributed by atoms with Crippen LogP contribution in [-0.4, -0.2) is 23.4 Å². The molecule has 0 saturated carbocycles. The highest BCUT2D eigenvalue weighted by Gasteiger charge is 2.50. The molecule has 2 nitrogen and oxygen atoms in total. The third-order valence-corrected chi connectivity index (χ3v) is 1.95. The van der Waals surface area contributed by atoms with Gasteiger partial charge in [-0.05, 0) is 13.3 Å². The van der Waals surface area contributed by atoms with E-state index < -0.39 is 0 Å². The first-order chi connectivity index (χ1) is 4.23. The van der Waals surface area contributed by atoms with Crippen molar-refractivity contribution in [1.82, 2.24) is 0 Å². The predicted octanol–water partition coefficient (Wildman–Crippen LogP) is 0.936. The van der Waals surface area contributed by atoms with Gasteiger partial charge in [-0.15, -0.1) is 0 Å². The Kier molecular flexibility index (Phi) is 1.78. The van der Waals surface area contributed by atoms with Crippen molar-refractivity contribution in [3.8, 4) is 0 Å². The second-order valence-corrected chi connectivity index (χ2v) is 2.85. The molecule has 0 radical (unpaired) electrons. The van der Waals surface area contributed by atoms with E-state index in [4.69, 9.17) is 9.84 Å². The van der Waals surface area contributed by atoms with Gasteiger partial charge in [0.05, 0.1) is 12.2 Å². The van der Waals surface area contributed by atoms with Crippen LogP contribution >= 0.6 is 0 Å². The third kappa shape index (κ3) is 1.25. The molecule has 1 aliphatic heterocycles. The summed E-state index contributed by atoms with van der Waals surface area (Å²) in [5.74, 6) is 0. The summed E-state index contributed by atoms with van der Waals surface area (Å²) in [7, 11) is 0. The lowest BCUT2D eigenvalue weighted by Crippen LogP contribution is -2.11. The lowest BCUT2D eigenvalue weighted by molar-refractivity contribution is 0.235. The molecule has 0 aromatic rings. The van der Waals surface area contributed by atoms with E-state index >= 15 is 0 Å². The first-order valence-corrected chi connectivity index (χ1v) is 3.51. The molecule has 0 aliphatic carbocycles. The Bertz CT molecular complexity index is 103. The zero-order valence-electron chi connectivity index (χ0n) is 6.05. The van der Waals surface area contributed by atoms with Crippen LogP contribution in [0.4, 0.5) is 0 Å². The summed E-state index contributed by atoms with van der Waals surface area (Å²) < 4.78 is 5.24. The molecule has 54 valence electrons. The van der Waals surface area contributed by atoms with E-state index in [1.54, 1.807) is 0 Å². The van der Waals surface area contributed by atoms with Gasteiger partial charge in [0, 0.05) is 0 Å². The van der Waals surface area contributed by atoms with Gasteiger partial charge < -0.3 is 9.84 Å². The van der Waals surface area contributed by atoms with Gasteiger partial charge in [-0.1, -0.05) is 13.3 Å². The van der Waals surface area contributed by atoms with Crippen molar-refractivity contribution in [1.29, 1.82) is 0 Å². The summed E-state index contributed by atoms with van der Waals surface area (Å²) in [6.07, 6.45) is 2.32. The minimum Gasteiger partial charge on any atom is -0.394 e. The molecule has 0 bridgehead atoms. The summed E-state index contributed by atoms with van der Waals surface area (Å²) >= 11 is 0. The molecular weight excluding hydrogens is 116 g/mol. The summed E-state index contributed by atoms with van der Waals surface area (Å²) in [4.78, 5) is 0. The van der Waals surface area contributed by atoms with Crippen LogP contribution in [0.2, 0.25) is 0 Å². The Hall–Kier alpha value is -0.0800. The molecule has 1 saturated heterocycles. The van der Waals surface area contributed by atoms with Crippen molar-refractivity contribution >= 4 is 0 Å². The maximum atomic E-state index is 8.64. The largest absolute Gasteiger partial charge is 0.394 e. The first kappa shape index (κ1) is 7.03. The second-order valence-electron chi connectivity index (χ2n) is 2.85. The van der Waals surface area contributed by atoms with Crippen molar-refractivity contribution in [2.45, 2.75) is 38.4 Å². The summed E-state index contributed by atoms with van der Waals surface area (Å²) in [5, 5.41) is 8.64. The zero-order chi connectivity index (χ0) is 6.91. The number of ether oxygens (including phenoxy) is 1. The predicted molar refractivity (Wildman–Crippen MR) is 35.3 cm³/mol. The third-order valence-electron chi connectivity index (χ3n) is 1.95. The quantitative estimate of drug-likeness (QED) is 0.576. The highest BCUT2D eigenvalue weighted by atomic mass is 16.6. The van der Waals surface area contributed by atoms with Crippen LogP contribution in [0.25, 0.3) is 0 Å². The molecule has 1 aliphatic rings. The Balaban J connectivity index is 2.25. The molecule has 0 aromatic carbocycles. The Morgan fingerprint density at radius 2 is 2.33 bits per heavy atom. The van der Waals surface area contributed by atoms with Gasteiger partial charge >= 0.3 is 0 Å². The average molecular weight is 130 g/mol. The molecule has 2 unspecified atom stereocenters. The molecular formula is C7H14O2. The number of hydrogen-bond acceptors (Lipinski definition) is 2. The Labute approximate surface area is 55.8 Å².